The molecule has 1 N–H and O–H groups in total. The molecule has 1 aliphatic heterocycles. The molecule has 1 aliphatic rings. The van der Waals surface area contributed by atoms with Gasteiger partial charge in [-0.15, -0.1) is 0 Å². The zero-order chi connectivity index (χ0) is 15.2. The summed E-state index contributed by atoms with van der Waals surface area (Å²) < 4.78 is 0. The topological polar surface area (TPSA) is 57.6 Å². The van der Waals surface area contributed by atoms with Crippen molar-refractivity contribution >= 4 is 29.3 Å². The molecule has 0 unspecified atom stereocenters. The maximum absolute atomic E-state index is 12.5. The highest BCUT2D eigenvalue weighted by Gasteiger charge is 2.23. The van der Waals surface area contributed by atoms with Crippen LogP contribution in [0.3, 0.4) is 0 Å². The molecule has 2 rings (SSSR count). The SMILES string of the molecule is Cc1ccc(N(CC(=O)O)C(=O)CC2CCSCC2)cc1. The third kappa shape index (κ3) is 4.77. The number of carboxylic acid groups (broad SMARTS) is 1. The van der Waals surface area contributed by atoms with Gasteiger partial charge in [-0.25, -0.2) is 0 Å². The Labute approximate surface area is 129 Å². The van der Waals surface area contributed by atoms with E-state index >= 15 is 0 Å². The van der Waals surface area contributed by atoms with E-state index in [9.17, 15) is 9.59 Å². The highest BCUT2D eigenvalue weighted by Crippen LogP contribution is 2.27. The Morgan fingerprint density at radius 1 is 1.24 bits per heavy atom. The Kier molecular flexibility index (Phi) is 5.67. The lowest BCUT2D eigenvalue weighted by Crippen LogP contribution is -2.37. The van der Waals surface area contributed by atoms with Gasteiger partial charge in [-0.3, -0.25) is 9.59 Å². The second-order valence-electron chi connectivity index (χ2n) is 5.47. The van der Waals surface area contributed by atoms with E-state index in [2.05, 4.69) is 0 Å². The average molecular weight is 307 g/mol. The third-order valence-electron chi connectivity index (χ3n) is 3.74. The highest BCUT2D eigenvalue weighted by atomic mass is 32.2. The molecule has 0 radical (unpaired) electrons. The van der Waals surface area contributed by atoms with Gasteiger partial charge < -0.3 is 10.0 Å². The molecule has 0 aliphatic carbocycles. The van der Waals surface area contributed by atoms with Crippen molar-refractivity contribution in [2.24, 2.45) is 5.92 Å². The lowest BCUT2D eigenvalue weighted by Gasteiger charge is -2.26. The summed E-state index contributed by atoms with van der Waals surface area (Å²) in [6.07, 6.45) is 2.54. The number of hydrogen-bond acceptors (Lipinski definition) is 3. The number of thioether (sulfide) groups is 1. The van der Waals surface area contributed by atoms with E-state index in [-0.39, 0.29) is 12.5 Å². The number of benzene rings is 1. The third-order valence-corrected chi connectivity index (χ3v) is 4.79. The van der Waals surface area contributed by atoms with Crippen LogP contribution in [0.2, 0.25) is 0 Å². The molecular formula is C16H21NO3S. The molecule has 1 aromatic carbocycles. The van der Waals surface area contributed by atoms with E-state index in [1.165, 1.54) is 4.90 Å². The van der Waals surface area contributed by atoms with E-state index in [4.69, 9.17) is 5.11 Å². The molecule has 1 fully saturated rings. The fourth-order valence-electron chi connectivity index (χ4n) is 2.49. The van der Waals surface area contributed by atoms with Gasteiger partial charge in [0.2, 0.25) is 5.91 Å². The fourth-order valence-corrected chi connectivity index (χ4v) is 3.70. The first-order valence-corrected chi connectivity index (χ1v) is 8.38. The Bertz CT molecular complexity index is 495. The van der Waals surface area contributed by atoms with Gasteiger partial charge in [-0.05, 0) is 49.3 Å². The van der Waals surface area contributed by atoms with Crippen LogP contribution >= 0.6 is 11.8 Å². The van der Waals surface area contributed by atoms with E-state index in [1.54, 1.807) is 0 Å². The smallest absolute Gasteiger partial charge is 0.323 e. The van der Waals surface area contributed by atoms with E-state index < -0.39 is 5.97 Å². The summed E-state index contributed by atoms with van der Waals surface area (Å²) in [5.74, 6) is 1.52. The Balaban J connectivity index is 2.08. The minimum Gasteiger partial charge on any atom is -0.480 e. The Hall–Kier alpha value is -1.49. The molecule has 1 heterocycles. The van der Waals surface area contributed by atoms with Gasteiger partial charge in [0.25, 0.3) is 0 Å². The number of amides is 1. The van der Waals surface area contributed by atoms with E-state index in [1.807, 2.05) is 43.0 Å². The summed E-state index contributed by atoms with van der Waals surface area (Å²) >= 11 is 1.92. The summed E-state index contributed by atoms with van der Waals surface area (Å²) in [4.78, 5) is 24.9. The summed E-state index contributed by atoms with van der Waals surface area (Å²) in [5.41, 5.74) is 1.75. The van der Waals surface area contributed by atoms with Crippen LogP contribution in [0, 0.1) is 12.8 Å². The minimum atomic E-state index is -0.983. The van der Waals surface area contributed by atoms with E-state index in [0.29, 0.717) is 18.0 Å². The normalized spacial score (nSPS) is 15.7. The molecule has 0 spiro atoms. The van der Waals surface area contributed by atoms with Crippen LogP contribution in [0.5, 0.6) is 0 Å². The molecule has 4 nitrogen and oxygen atoms in total. The number of aryl methyl sites for hydroxylation is 1. The number of aliphatic carboxylic acids is 1. The van der Waals surface area contributed by atoms with Crippen molar-refractivity contribution in [3.05, 3.63) is 29.8 Å². The fraction of sp³-hybridized carbons (Fsp3) is 0.500. The Morgan fingerprint density at radius 2 is 1.86 bits per heavy atom. The number of rotatable bonds is 5. The van der Waals surface area contributed by atoms with Gasteiger partial charge in [0.15, 0.2) is 0 Å². The van der Waals surface area contributed by atoms with Crippen LogP contribution in [0.25, 0.3) is 0 Å². The molecule has 0 saturated carbocycles. The number of carbonyl (C=O) groups excluding carboxylic acids is 1. The van der Waals surface area contributed by atoms with Crippen LogP contribution < -0.4 is 4.90 Å². The molecule has 114 valence electrons. The average Bonchev–Trinajstić information content (AvgIpc) is 2.46. The van der Waals surface area contributed by atoms with Gasteiger partial charge >= 0.3 is 5.97 Å². The van der Waals surface area contributed by atoms with Crippen molar-refractivity contribution in [2.45, 2.75) is 26.2 Å². The van der Waals surface area contributed by atoms with Crippen LogP contribution in [0.15, 0.2) is 24.3 Å². The minimum absolute atomic E-state index is 0.0850. The van der Waals surface area contributed by atoms with Gasteiger partial charge in [-0.2, -0.15) is 11.8 Å². The van der Waals surface area contributed by atoms with Crippen LogP contribution in [-0.4, -0.2) is 35.0 Å². The molecule has 0 aromatic heterocycles. The lowest BCUT2D eigenvalue weighted by atomic mass is 9.98. The quantitative estimate of drug-likeness (QED) is 0.908. The van der Waals surface area contributed by atoms with Gasteiger partial charge in [0.05, 0.1) is 0 Å². The van der Waals surface area contributed by atoms with Crippen molar-refractivity contribution < 1.29 is 14.7 Å². The Morgan fingerprint density at radius 3 is 2.43 bits per heavy atom. The lowest BCUT2D eigenvalue weighted by molar-refractivity contribution is -0.136. The summed E-state index contributed by atoms with van der Waals surface area (Å²) in [7, 11) is 0. The molecule has 0 atom stereocenters. The van der Waals surface area contributed by atoms with Gasteiger partial charge in [0.1, 0.15) is 6.54 Å². The molecule has 1 aromatic rings. The summed E-state index contributed by atoms with van der Waals surface area (Å²) in [5, 5.41) is 9.06. The van der Waals surface area contributed by atoms with Crippen LogP contribution in [0.4, 0.5) is 5.69 Å². The zero-order valence-electron chi connectivity index (χ0n) is 12.2. The maximum atomic E-state index is 12.5. The maximum Gasteiger partial charge on any atom is 0.323 e. The zero-order valence-corrected chi connectivity index (χ0v) is 13.1. The first-order chi connectivity index (χ1) is 10.1. The van der Waals surface area contributed by atoms with Crippen molar-refractivity contribution in [3.63, 3.8) is 0 Å². The van der Waals surface area contributed by atoms with Crippen molar-refractivity contribution in [1.82, 2.24) is 0 Å². The van der Waals surface area contributed by atoms with Crippen molar-refractivity contribution in [1.29, 1.82) is 0 Å². The molecule has 1 saturated heterocycles. The second-order valence-corrected chi connectivity index (χ2v) is 6.69. The van der Waals surface area contributed by atoms with Crippen LogP contribution in [0.1, 0.15) is 24.8 Å². The second kappa shape index (κ2) is 7.50. The number of carbonyl (C=O) groups is 2. The van der Waals surface area contributed by atoms with Crippen LogP contribution in [-0.2, 0) is 9.59 Å². The first-order valence-electron chi connectivity index (χ1n) is 7.23. The largest absolute Gasteiger partial charge is 0.480 e. The first kappa shape index (κ1) is 15.9. The predicted octanol–water partition coefficient (Wildman–Crippen LogP) is 2.95. The standard InChI is InChI=1S/C16H21NO3S/c1-12-2-4-14(5-3-12)17(11-16(19)20)15(18)10-13-6-8-21-9-7-13/h2-5,13H,6-11H2,1H3,(H,19,20). The predicted molar refractivity (Wildman–Crippen MR) is 85.8 cm³/mol. The van der Waals surface area contributed by atoms with Crippen molar-refractivity contribution in [2.75, 3.05) is 23.0 Å². The summed E-state index contributed by atoms with van der Waals surface area (Å²) in [6, 6.07) is 7.42. The summed E-state index contributed by atoms with van der Waals surface area (Å²) in [6.45, 7) is 1.69. The number of nitrogens with zero attached hydrogens (tertiary/aromatic N) is 1. The van der Waals surface area contributed by atoms with Gasteiger partial charge in [0, 0.05) is 12.1 Å². The number of hydrogen-bond donors (Lipinski definition) is 1. The molecule has 1 amide bonds. The number of anilines is 1. The van der Waals surface area contributed by atoms with Gasteiger partial charge in [-0.1, -0.05) is 17.7 Å². The molecule has 5 heteroatoms. The van der Waals surface area contributed by atoms with Crippen molar-refractivity contribution in [3.8, 4) is 0 Å². The molecule has 0 bridgehead atoms. The molecular weight excluding hydrogens is 286 g/mol. The number of carboxylic acids is 1. The van der Waals surface area contributed by atoms with E-state index in [0.717, 1.165) is 29.9 Å². The highest BCUT2D eigenvalue weighted by molar-refractivity contribution is 7.99. The monoisotopic (exact) mass is 307 g/mol. The molecule has 21 heavy (non-hydrogen) atoms.